The van der Waals surface area contributed by atoms with Gasteiger partial charge in [-0.3, -0.25) is 4.99 Å². The predicted octanol–water partition coefficient (Wildman–Crippen LogP) is 2.11. The molecule has 4 unspecified atom stereocenters. The number of nitrogens with one attached hydrogen (secondary N) is 1. The summed E-state index contributed by atoms with van der Waals surface area (Å²) in [6.07, 6.45) is 1.29. The van der Waals surface area contributed by atoms with Crippen LogP contribution in [0, 0.1) is 11.8 Å². The molecule has 0 radical (unpaired) electrons. The third-order valence-corrected chi connectivity index (χ3v) is 4.23. The summed E-state index contributed by atoms with van der Waals surface area (Å²) in [5, 5.41) is 4.65. The zero-order valence-electron chi connectivity index (χ0n) is 8.58. The van der Waals surface area contributed by atoms with Gasteiger partial charge in [0.15, 0.2) is 5.17 Å². The van der Waals surface area contributed by atoms with E-state index in [1.165, 1.54) is 17.3 Å². The van der Waals surface area contributed by atoms with Gasteiger partial charge in [0, 0.05) is 11.8 Å². The lowest BCUT2D eigenvalue weighted by Gasteiger charge is -2.28. The second kappa shape index (κ2) is 3.52. The average molecular weight is 198 g/mol. The molecule has 1 saturated heterocycles. The maximum absolute atomic E-state index is 4.68. The zero-order valence-corrected chi connectivity index (χ0v) is 9.40. The Kier molecular flexibility index (Phi) is 2.54. The first-order chi connectivity index (χ1) is 6.16. The van der Waals surface area contributed by atoms with Crippen LogP contribution in [0.5, 0.6) is 0 Å². The molecule has 1 N–H and O–H groups in total. The summed E-state index contributed by atoms with van der Waals surface area (Å²) < 4.78 is 0. The minimum atomic E-state index is 0.592. The van der Waals surface area contributed by atoms with Crippen LogP contribution < -0.4 is 5.32 Å². The zero-order chi connectivity index (χ0) is 9.42. The fourth-order valence-corrected chi connectivity index (χ4v) is 2.63. The molecule has 2 aliphatic rings. The molecule has 0 aromatic heterocycles. The van der Waals surface area contributed by atoms with Gasteiger partial charge in [-0.2, -0.15) is 0 Å². The van der Waals surface area contributed by atoms with E-state index in [1.807, 2.05) is 11.8 Å². The Hall–Kier alpha value is -0.180. The molecular formula is C10H18N2S. The first kappa shape index (κ1) is 9.38. The summed E-state index contributed by atoms with van der Waals surface area (Å²) in [6.45, 7) is 6.81. The number of nitrogens with zero attached hydrogens (tertiary/aromatic N) is 1. The molecule has 1 heterocycles. The van der Waals surface area contributed by atoms with Gasteiger partial charge in [-0.05, 0) is 25.2 Å². The first-order valence-electron chi connectivity index (χ1n) is 5.14. The fraction of sp³-hybridized carbons (Fsp3) is 0.900. The molecule has 2 rings (SSSR count). The highest BCUT2D eigenvalue weighted by molar-refractivity contribution is 8.13. The van der Waals surface area contributed by atoms with E-state index >= 15 is 0 Å². The van der Waals surface area contributed by atoms with Crippen LogP contribution in [0.2, 0.25) is 0 Å². The van der Waals surface area contributed by atoms with Gasteiger partial charge >= 0.3 is 0 Å². The van der Waals surface area contributed by atoms with Crippen molar-refractivity contribution in [3.8, 4) is 0 Å². The van der Waals surface area contributed by atoms with Crippen LogP contribution in [0.1, 0.15) is 27.2 Å². The Balaban J connectivity index is 1.91. The highest BCUT2D eigenvalue weighted by Gasteiger charge is 2.33. The molecule has 0 aromatic carbocycles. The van der Waals surface area contributed by atoms with Crippen LogP contribution in [0.4, 0.5) is 0 Å². The monoisotopic (exact) mass is 198 g/mol. The molecule has 2 nitrogen and oxygen atoms in total. The lowest BCUT2D eigenvalue weighted by Crippen LogP contribution is -2.41. The Bertz CT molecular complexity index is 227. The van der Waals surface area contributed by atoms with Crippen molar-refractivity contribution in [3.05, 3.63) is 0 Å². The summed E-state index contributed by atoms with van der Waals surface area (Å²) in [6, 6.07) is 1.21. The molecule has 0 aromatic rings. The topological polar surface area (TPSA) is 24.4 Å². The van der Waals surface area contributed by atoms with Crippen molar-refractivity contribution in [2.24, 2.45) is 16.8 Å². The van der Waals surface area contributed by atoms with Crippen molar-refractivity contribution < 1.29 is 0 Å². The molecule has 2 fully saturated rings. The van der Waals surface area contributed by atoms with E-state index in [-0.39, 0.29) is 0 Å². The van der Waals surface area contributed by atoms with Gasteiger partial charge < -0.3 is 5.32 Å². The molecule has 13 heavy (non-hydrogen) atoms. The highest BCUT2D eigenvalue weighted by Crippen LogP contribution is 2.34. The number of hydrogen-bond donors (Lipinski definition) is 1. The van der Waals surface area contributed by atoms with Crippen LogP contribution in [0.25, 0.3) is 0 Å². The van der Waals surface area contributed by atoms with Crippen molar-refractivity contribution in [3.63, 3.8) is 0 Å². The summed E-state index contributed by atoms with van der Waals surface area (Å²) in [4.78, 5) is 4.68. The van der Waals surface area contributed by atoms with Crippen molar-refractivity contribution in [2.45, 2.75) is 39.3 Å². The maximum Gasteiger partial charge on any atom is 0.157 e. The number of amidine groups is 1. The van der Waals surface area contributed by atoms with Crippen LogP contribution in [0.15, 0.2) is 4.99 Å². The summed E-state index contributed by atoms with van der Waals surface area (Å²) in [5.74, 6) is 2.80. The van der Waals surface area contributed by atoms with Gasteiger partial charge in [-0.1, -0.05) is 25.6 Å². The molecule has 74 valence electrons. The normalized spacial score (nSPS) is 47.5. The van der Waals surface area contributed by atoms with Crippen LogP contribution in [-0.4, -0.2) is 23.0 Å². The second-order valence-corrected chi connectivity index (χ2v) is 5.44. The van der Waals surface area contributed by atoms with Gasteiger partial charge in [-0.15, -0.1) is 0 Å². The van der Waals surface area contributed by atoms with Gasteiger partial charge in [0.1, 0.15) is 0 Å². The lowest BCUT2D eigenvalue weighted by molar-refractivity contribution is 0.489. The Labute approximate surface area is 84.6 Å². The minimum Gasteiger partial charge on any atom is -0.362 e. The van der Waals surface area contributed by atoms with Gasteiger partial charge in [0.05, 0.1) is 6.04 Å². The van der Waals surface area contributed by atoms with E-state index < -0.39 is 0 Å². The number of aliphatic imine (C=N–C) groups is 1. The smallest absolute Gasteiger partial charge is 0.157 e. The molecule has 1 aliphatic carbocycles. The van der Waals surface area contributed by atoms with E-state index in [0.717, 1.165) is 11.8 Å². The Morgan fingerprint density at radius 1 is 1.31 bits per heavy atom. The Morgan fingerprint density at radius 2 is 2.00 bits per heavy atom. The molecule has 1 saturated carbocycles. The van der Waals surface area contributed by atoms with Gasteiger partial charge in [-0.25, -0.2) is 0 Å². The molecule has 0 spiro atoms. The third-order valence-electron chi connectivity index (χ3n) is 3.04. The third kappa shape index (κ3) is 2.19. The van der Waals surface area contributed by atoms with Crippen molar-refractivity contribution in [1.82, 2.24) is 5.32 Å². The number of thioether (sulfide) groups is 1. The quantitative estimate of drug-likeness (QED) is 0.698. The van der Waals surface area contributed by atoms with E-state index in [4.69, 9.17) is 0 Å². The molecule has 3 heteroatoms. The standard InChI is InChI=1S/C10H18N2S/c1-6-4-9(6)12-10-11-8(3)7(2)5-13-10/h6-9H,4-5H2,1-3H3,(H,11,12). The summed E-state index contributed by atoms with van der Waals surface area (Å²) in [5.41, 5.74) is 0. The SMILES string of the molecule is CC1CC1N=C1NC(C)C(C)CS1. The summed E-state index contributed by atoms with van der Waals surface area (Å²) >= 11 is 1.88. The van der Waals surface area contributed by atoms with Gasteiger partial charge in [0.25, 0.3) is 0 Å². The van der Waals surface area contributed by atoms with Gasteiger partial charge in [0.2, 0.25) is 0 Å². The minimum absolute atomic E-state index is 0.592. The van der Waals surface area contributed by atoms with Crippen molar-refractivity contribution in [1.29, 1.82) is 0 Å². The van der Waals surface area contributed by atoms with Crippen molar-refractivity contribution in [2.75, 3.05) is 5.75 Å². The lowest BCUT2D eigenvalue weighted by atomic mass is 10.1. The average Bonchev–Trinajstić information content (AvgIpc) is 2.75. The molecule has 1 aliphatic heterocycles. The maximum atomic E-state index is 4.68. The predicted molar refractivity (Wildman–Crippen MR) is 59.2 cm³/mol. The van der Waals surface area contributed by atoms with E-state index in [2.05, 4.69) is 31.1 Å². The second-order valence-electron chi connectivity index (χ2n) is 4.44. The molecule has 0 bridgehead atoms. The molecule has 0 amide bonds. The van der Waals surface area contributed by atoms with Crippen molar-refractivity contribution >= 4 is 16.9 Å². The van der Waals surface area contributed by atoms with E-state index in [0.29, 0.717) is 12.1 Å². The Morgan fingerprint density at radius 3 is 2.54 bits per heavy atom. The van der Waals surface area contributed by atoms with E-state index in [9.17, 15) is 0 Å². The number of rotatable bonds is 1. The van der Waals surface area contributed by atoms with Crippen LogP contribution in [-0.2, 0) is 0 Å². The highest BCUT2D eigenvalue weighted by atomic mass is 32.2. The van der Waals surface area contributed by atoms with Crippen LogP contribution >= 0.6 is 11.8 Å². The largest absolute Gasteiger partial charge is 0.362 e. The summed E-state index contributed by atoms with van der Waals surface area (Å²) in [7, 11) is 0. The fourth-order valence-electron chi connectivity index (χ4n) is 1.44. The molecule has 4 atom stereocenters. The van der Waals surface area contributed by atoms with E-state index in [1.54, 1.807) is 0 Å². The molecular weight excluding hydrogens is 180 g/mol. The van der Waals surface area contributed by atoms with Crippen LogP contribution in [0.3, 0.4) is 0 Å². The first-order valence-corrected chi connectivity index (χ1v) is 6.12. The number of hydrogen-bond acceptors (Lipinski definition) is 2.